The molecule has 9 nitrogen and oxygen atoms in total. The Morgan fingerprint density at radius 2 is 1.96 bits per heavy atom. The van der Waals surface area contributed by atoms with Gasteiger partial charge in [-0.2, -0.15) is 22.9 Å². The van der Waals surface area contributed by atoms with Crippen molar-refractivity contribution >= 4 is 21.7 Å². The van der Waals surface area contributed by atoms with Gasteiger partial charge in [0, 0.05) is 0 Å². The Hall–Kier alpha value is -2.11. The Morgan fingerprint density at radius 1 is 1.30 bits per heavy atom. The first-order chi connectivity index (χ1) is 12.8. The number of carbonyl (C=O) groups excluding carboxylic acids is 1. The Labute approximate surface area is 158 Å². The summed E-state index contributed by atoms with van der Waals surface area (Å²) in [6.07, 6.45) is 3.03. The maximum absolute atomic E-state index is 12.8. The van der Waals surface area contributed by atoms with Gasteiger partial charge in [-0.15, -0.1) is 5.10 Å². The van der Waals surface area contributed by atoms with Gasteiger partial charge in [-0.3, -0.25) is 4.79 Å². The minimum absolute atomic E-state index is 0.109. The number of piperazine rings is 1. The predicted molar refractivity (Wildman–Crippen MR) is 101 cm³/mol. The maximum Gasteiger partial charge on any atom is 0.280 e. The second-order valence-electron chi connectivity index (χ2n) is 6.79. The van der Waals surface area contributed by atoms with Crippen molar-refractivity contribution in [3.8, 4) is 0 Å². The second-order valence-corrected chi connectivity index (χ2v) is 8.49. The highest BCUT2D eigenvalue weighted by Crippen LogP contribution is 2.13. The molecule has 1 saturated heterocycles. The van der Waals surface area contributed by atoms with E-state index in [2.05, 4.69) is 15.2 Å². The maximum atomic E-state index is 12.8. The minimum Gasteiger partial charge on any atom is -0.633 e. The van der Waals surface area contributed by atoms with E-state index in [9.17, 15) is 18.4 Å². The number of hydroxylamine groups is 3. The molecule has 1 aromatic carbocycles. The Bertz CT molecular complexity index is 841. The molecule has 0 saturated carbocycles. The van der Waals surface area contributed by atoms with E-state index in [0.717, 1.165) is 5.56 Å². The smallest absolute Gasteiger partial charge is 0.280 e. The highest BCUT2D eigenvalue weighted by Gasteiger charge is 2.34. The molecule has 2 aliphatic rings. The van der Waals surface area contributed by atoms with Gasteiger partial charge in [-0.1, -0.05) is 30.3 Å². The van der Waals surface area contributed by atoms with E-state index in [1.54, 1.807) is 0 Å². The van der Waals surface area contributed by atoms with Crippen molar-refractivity contribution in [3.63, 3.8) is 0 Å². The fourth-order valence-electron chi connectivity index (χ4n) is 2.94. The van der Waals surface area contributed by atoms with Gasteiger partial charge in [-0.05, 0) is 18.1 Å². The lowest BCUT2D eigenvalue weighted by molar-refractivity contribution is -0.864. The first-order valence-corrected chi connectivity index (χ1v) is 10.1. The molecule has 145 valence electrons. The predicted octanol–water partition coefficient (Wildman–Crippen LogP) is -0.251. The van der Waals surface area contributed by atoms with Crippen LogP contribution in [0, 0.1) is 5.21 Å². The summed E-state index contributed by atoms with van der Waals surface area (Å²) in [7, 11) is -2.40. The summed E-state index contributed by atoms with van der Waals surface area (Å²) in [4.78, 5) is 12.8. The van der Waals surface area contributed by atoms with Crippen molar-refractivity contribution in [2.75, 3.05) is 33.2 Å². The van der Waals surface area contributed by atoms with Crippen LogP contribution in [0.2, 0.25) is 0 Å². The zero-order valence-electron chi connectivity index (χ0n) is 15.0. The van der Waals surface area contributed by atoms with Crippen molar-refractivity contribution in [1.29, 1.82) is 0 Å². The normalized spacial score (nSPS) is 20.7. The van der Waals surface area contributed by atoms with Crippen LogP contribution in [0.5, 0.6) is 0 Å². The SMILES string of the molecule is C[N+]1([O-])CCN(S(=O)(=O)N[C@@H](Cc2ccccc2)C(=O)C2=N[N]C=C2)CC1. The monoisotopic (exact) mass is 392 g/mol. The first-order valence-electron chi connectivity index (χ1n) is 8.62. The summed E-state index contributed by atoms with van der Waals surface area (Å²) in [5.74, 6) is -0.443. The number of nitrogens with one attached hydrogen (secondary N) is 1. The summed E-state index contributed by atoms with van der Waals surface area (Å²) in [5, 5.41) is 15.7. The highest BCUT2D eigenvalue weighted by molar-refractivity contribution is 7.87. The van der Waals surface area contributed by atoms with Crippen molar-refractivity contribution in [2.24, 2.45) is 5.10 Å². The molecule has 27 heavy (non-hydrogen) atoms. The van der Waals surface area contributed by atoms with Crippen LogP contribution in [0.25, 0.3) is 0 Å². The third-order valence-corrected chi connectivity index (χ3v) is 6.22. The largest absolute Gasteiger partial charge is 0.633 e. The van der Waals surface area contributed by atoms with Crippen LogP contribution in [-0.2, 0) is 21.4 Å². The Balaban J connectivity index is 1.78. The molecule has 1 N–H and O–H groups in total. The molecular formula is C17H22N5O4S. The lowest BCUT2D eigenvalue weighted by atomic mass is 10.0. The van der Waals surface area contributed by atoms with Crippen LogP contribution in [0.4, 0.5) is 0 Å². The van der Waals surface area contributed by atoms with E-state index in [1.807, 2.05) is 30.3 Å². The molecule has 1 radical (unpaired) electrons. The summed E-state index contributed by atoms with van der Waals surface area (Å²) in [5.41, 5.74) is 4.57. The van der Waals surface area contributed by atoms with E-state index in [-0.39, 0.29) is 38.3 Å². The van der Waals surface area contributed by atoms with Crippen LogP contribution in [-0.4, -0.2) is 68.1 Å². The first kappa shape index (κ1) is 19.6. The molecule has 0 aliphatic carbocycles. The van der Waals surface area contributed by atoms with Crippen LogP contribution in [0.15, 0.2) is 47.7 Å². The van der Waals surface area contributed by atoms with Crippen molar-refractivity contribution in [1.82, 2.24) is 14.5 Å². The molecule has 10 heteroatoms. The van der Waals surface area contributed by atoms with E-state index >= 15 is 0 Å². The number of hydrogen-bond acceptors (Lipinski definition) is 5. The molecule has 2 aliphatic heterocycles. The van der Waals surface area contributed by atoms with Crippen LogP contribution in [0.1, 0.15) is 5.56 Å². The summed E-state index contributed by atoms with van der Waals surface area (Å²) >= 11 is 0. The molecule has 1 atom stereocenters. The number of rotatable bonds is 7. The number of likely N-dealkylation sites (N-methyl/N-ethyl adjacent to an activating group) is 1. The lowest BCUT2D eigenvalue weighted by Gasteiger charge is -2.44. The van der Waals surface area contributed by atoms with E-state index in [0.29, 0.717) is 0 Å². The fourth-order valence-corrected chi connectivity index (χ4v) is 4.29. The van der Waals surface area contributed by atoms with Crippen molar-refractivity contribution in [3.05, 3.63) is 53.4 Å². The quantitative estimate of drug-likeness (QED) is 0.509. The summed E-state index contributed by atoms with van der Waals surface area (Å²) in [6, 6.07) is 8.14. The topological polar surface area (TPSA) is 116 Å². The fraction of sp³-hybridized carbons (Fsp3) is 0.412. The molecule has 0 spiro atoms. The number of benzene rings is 1. The second kappa shape index (κ2) is 7.87. The van der Waals surface area contributed by atoms with Gasteiger partial charge in [0.1, 0.15) is 5.71 Å². The third-order valence-electron chi connectivity index (χ3n) is 4.59. The molecule has 1 fully saturated rings. The van der Waals surface area contributed by atoms with Gasteiger partial charge in [0.25, 0.3) is 10.2 Å². The van der Waals surface area contributed by atoms with Crippen LogP contribution >= 0.6 is 0 Å². The number of Topliss-reactive ketones (excluding diaryl/α,β-unsaturated/α-hetero) is 1. The Kier molecular flexibility index (Phi) is 5.72. The highest BCUT2D eigenvalue weighted by atomic mass is 32.2. The van der Waals surface area contributed by atoms with Gasteiger partial charge in [-0.25, -0.2) is 0 Å². The molecule has 2 heterocycles. The Morgan fingerprint density at radius 3 is 2.56 bits per heavy atom. The molecule has 0 bridgehead atoms. The molecule has 3 rings (SSSR count). The van der Waals surface area contributed by atoms with E-state index in [1.165, 1.54) is 23.6 Å². The van der Waals surface area contributed by atoms with Gasteiger partial charge in [0.05, 0.1) is 45.5 Å². The average molecular weight is 392 g/mol. The molecule has 0 unspecified atom stereocenters. The zero-order chi connectivity index (χ0) is 19.5. The molecule has 1 aromatic rings. The van der Waals surface area contributed by atoms with Gasteiger partial charge in [0.15, 0.2) is 0 Å². The minimum atomic E-state index is -3.92. The molecule has 0 aromatic heterocycles. The lowest BCUT2D eigenvalue weighted by Crippen LogP contribution is -2.59. The van der Waals surface area contributed by atoms with Gasteiger partial charge < -0.3 is 9.85 Å². The number of carbonyl (C=O) groups is 1. The van der Waals surface area contributed by atoms with E-state index < -0.39 is 26.7 Å². The van der Waals surface area contributed by atoms with Crippen LogP contribution in [0.3, 0.4) is 0 Å². The van der Waals surface area contributed by atoms with Gasteiger partial charge >= 0.3 is 0 Å². The third kappa shape index (κ3) is 4.99. The molecule has 0 amide bonds. The van der Waals surface area contributed by atoms with Crippen molar-refractivity contribution in [2.45, 2.75) is 12.5 Å². The average Bonchev–Trinajstić information content (AvgIpc) is 3.15. The number of allylic oxidation sites excluding steroid dienone is 1. The summed E-state index contributed by atoms with van der Waals surface area (Å²) < 4.78 is 28.8. The van der Waals surface area contributed by atoms with E-state index in [4.69, 9.17) is 0 Å². The zero-order valence-corrected chi connectivity index (χ0v) is 15.8. The van der Waals surface area contributed by atoms with Crippen LogP contribution < -0.4 is 10.1 Å². The number of nitrogens with zero attached hydrogens (tertiary/aromatic N) is 4. The standard InChI is InChI=1S/C17H22N5O4S/c1-22(24)11-9-21(10-12-22)27(25,26)20-16(13-14-5-3-2-4-6-14)17(23)15-7-8-18-19-15/h2-8,16,20H,9-13H2,1H3/t16-/m0/s1. The number of hydrogen-bond donors (Lipinski definition) is 1. The summed E-state index contributed by atoms with van der Waals surface area (Å²) in [6.45, 7) is 0.564. The number of ketones is 1. The van der Waals surface area contributed by atoms with Gasteiger partial charge in [0.2, 0.25) is 5.78 Å². The number of quaternary nitrogens is 1. The van der Waals surface area contributed by atoms with Crippen molar-refractivity contribution < 1.29 is 17.9 Å². The molecular weight excluding hydrogens is 370 g/mol.